The molecule has 3 aromatic rings. The molecule has 0 fully saturated rings. The Morgan fingerprint density at radius 3 is 2.11 bits per heavy atom. The molecule has 0 atom stereocenters. The molecule has 0 saturated carbocycles. The predicted octanol–water partition coefficient (Wildman–Crippen LogP) is 5.34. The van der Waals surface area contributed by atoms with Crippen LogP contribution in [0.4, 0.5) is 5.69 Å². The van der Waals surface area contributed by atoms with Crippen LogP contribution in [0.5, 0.6) is 0 Å². The summed E-state index contributed by atoms with van der Waals surface area (Å²) in [7, 11) is -4.15. The molecular formula is C20H15Cl2NO3S. The zero-order valence-corrected chi connectivity index (χ0v) is 16.6. The number of nitrogens with zero attached hydrogens (tertiary/aromatic N) is 1. The third kappa shape index (κ3) is 4.00. The van der Waals surface area contributed by atoms with Crippen LogP contribution in [0.2, 0.25) is 10.0 Å². The predicted molar refractivity (Wildman–Crippen MR) is 108 cm³/mol. The fourth-order valence-electron chi connectivity index (χ4n) is 2.52. The summed E-state index contributed by atoms with van der Waals surface area (Å²) in [6, 6.07) is 18.7. The van der Waals surface area contributed by atoms with Crippen molar-refractivity contribution in [3.63, 3.8) is 0 Å². The highest BCUT2D eigenvalue weighted by atomic mass is 35.5. The Hall–Kier alpha value is -2.34. The highest BCUT2D eigenvalue weighted by molar-refractivity contribution is 7.93. The monoisotopic (exact) mass is 419 g/mol. The van der Waals surface area contributed by atoms with Gasteiger partial charge in [-0.15, -0.1) is 0 Å². The van der Waals surface area contributed by atoms with E-state index in [-0.39, 0.29) is 21.2 Å². The van der Waals surface area contributed by atoms with Gasteiger partial charge >= 0.3 is 0 Å². The molecule has 4 nitrogen and oxygen atoms in total. The molecule has 0 unspecified atom stereocenters. The van der Waals surface area contributed by atoms with Gasteiger partial charge in [-0.1, -0.05) is 59.1 Å². The minimum absolute atomic E-state index is 0.00962. The van der Waals surface area contributed by atoms with Crippen molar-refractivity contribution in [2.75, 3.05) is 4.31 Å². The number of hydrogen-bond donors (Lipinski definition) is 0. The lowest BCUT2D eigenvalue weighted by Crippen LogP contribution is -2.37. The topological polar surface area (TPSA) is 54.5 Å². The Bertz CT molecular complexity index is 1080. The summed E-state index contributed by atoms with van der Waals surface area (Å²) >= 11 is 12.0. The van der Waals surface area contributed by atoms with Gasteiger partial charge in [-0.05, 0) is 49.4 Å². The minimum Gasteiger partial charge on any atom is -0.268 e. The average molecular weight is 420 g/mol. The minimum atomic E-state index is -4.15. The zero-order valence-electron chi connectivity index (χ0n) is 14.3. The lowest BCUT2D eigenvalue weighted by molar-refractivity contribution is 0.101. The van der Waals surface area contributed by atoms with Crippen molar-refractivity contribution in [1.29, 1.82) is 0 Å². The number of hydrogen-bond acceptors (Lipinski definition) is 3. The van der Waals surface area contributed by atoms with Crippen molar-refractivity contribution in [1.82, 2.24) is 0 Å². The summed E-state index contributed by atoms with van der Waals surface area (Å²) in [5, 5.41) is 0.428. The fraction of sp³-hybridized carbons (Fsp3) is 0.0500. The Morgan fingerprint density at radius 1 is 0.889 bits per heavy atom. The summed E-state index contributed by atoms with van der Waals surface area (Å²) < 4.78 is 27.3. The van der Waals surface area contributed by atoms with Gasteiger partial charge in [-0.2, -0.15) is 4.31 Å². The van der Waals surface area contributed by atoms with E-state index in [1.54, 1.807) is 42.5 Å². The number of carbonyl (C=O) groups is 1. The molecule has 0 aromatic heterocycles. The molecule has 0 bridgehead atoms. The van der Waals surface area contributed by atoms with Crippen LogP contribution in [0, 0.1) is 6.92 Å². The first-order chi connectivity index (χ1) is 12.8. The Morgan fingerprint density at radius 2 is 1.52 bits per heavy atom. The van der Waals surface area contributed by atoms with Gasteiger partial charge in [-0.3, -0.25) is 4.79 Å². The lowest BCUT2D eigenvalue weighted by atomic mass is 10.2. The van der Waals surface area contributed by atoms with Crippen LogP contribution in [0.3, 0.4) is 0 Å². The first kappa shape index (κ1) is 19.4. The zero-order chi connectivity index (χ0) is 19.6. The average Bonchev–Trinajstić information content (AvgIpc) is 2.63. The van der Waals surface area contributed by atoms with E-state index >= 15 is 0 Å². The Balaban J connectivity index is 2.17. The van der Waals surface area contributed by atoms with Crippen LogP contribution in [-0.4, -0.2) is 14.3 Å². The number of aryl methyl sites for hydroxylation is 1. The van der Waals surface area contributed by atoms with Crippen molar-refractivity contribution >= 4 is 44.8 Å². The molecule has 0 aliphatic rings. The molecular weight excluding hydrogens is 405 g/mol. The molecule has 0 radical (unpaired) electrons. The van der Waals surface area contributed by atoms with Gasteiger partial charge in [0.25, 0.3) is 15.9 Å². The van der Waals surface area contributed by atoms with Crippen molar-refractivity contribution in [2.45, 2.75) is 11.8 Å². The maximum atomic E-state index is 13.3. The number of anilines is 1. The van der Waals surface area contributed by atoms with Crippen molar-refractivity contribution in [3.05, 3.63) is 94.0 Å². The molecule has 138 valence electrons. The van der Waals surface area contributed by atoms with E-state index < -0.39 is 15.9 Å². The van der Waals surface area contributed by atoms with Gasteiger partial charge in [0.1, 0.15) is 0 Å². The van der Waals surface area contributed by atoms with E-state index in [9.17, 15) is 13.2 Å². The molecule has 0 saturated heterocycles. The number of sulfonamides is 1. The molecule has 7 heteroatoms. The summed E-state index contributed by atoms with van der Waals surface area (Å²) in [4.78, 5) is 13.2. The van der Waals surface area contributed by atoms with Gasteiger partial charge in [0.05, 0.1) is 21.2 Å². The molecule has 3 rings (SSSR count). The number of amides is 1. The molecule has 0 heterocycles. The SMILES string of the molecule is Cc1ccc(S(=O)(=O)N(C(=O)c2ccc(Cl)cc2Cl)c2ccccc2)cc1. The second kappa shape index (κ2) is 7.72. The number of para-hydroxylation sites is 1. The molecule has 27 heavy (non-hydrogen) atoms. The van der Waals surface area contributed by atoms with E-state index in [1.807, 2.05) is 6.92 Å². The van der Waals surface area contributed by atoms with Crippen LogP contribution >= 0.6 is 23.2 Å². The second-order valence-corrected chi connectivity index (χ2v) is 8.48. The number of carbonyl (C=O) groups excluding carboxylic acids is 1. The standard InChI is InChI=1S/C20H15Cl2NO3S/c1-14-7-10-17(11-8-14)27(25,26)23(16-5-3-2-4-6-16)20(24)18-12-9-15(21)13-19(18)22/h2-13H,1H3. The summed E-state index contributed by atoms with van der Waals surface area (Å²) in [6.45, 7) is 1.85. The van der Waals surface area contributed by atoms with E-state index in [1.165, 1.54) is 30.3 Å². The highest BCUT2D eigenvalue weighted by Crippen LogP contribution is 2.29. The van der Waals surface area contributed by atoms with Gasteiger partial charge < -0.3 is 0 Å². The van der Waals surface area contributed by atoms with Gasteiger partial charge in [-0.25, -0.2) is 8.42 Å². The summed E-state index contributed by atoms with van der Waals surface area (Å²) in [6.07, 6.45) is 0. The first-order valence-corrected chi connectivity index (χ1v) is 10.2. The van der Waals surface area contributed by atoms with E-state index in [4.69, 9.17) is 23.2 Å². The molecule has 0 N–H and O–H groups in total. The van der Waals surface area contributed by atoms with Gasteiger partial charge in [0, 0.05) is 5.02 Å². The molecule has 0 aliphatic heterocycles. The lowest BCUT2D eigenvalue weighted by Gasteiger charge is -2.23. The number of rotatable bonds is 4. The Labute approximate surface area is 168 Å². The number of halogens is 2. The quantitative estimate of drug-likeness (QED) is 0.573. The maximum absolute atomic E-state index is 13.3. The van der Waals surface area contributed by atoms with Crippen molar-refractivity contribution < 1.29 is 13.2 Å². The Kier molecular flexibility index (Phi) is 5.56. The molecule has 1 amide bonds. The van der Waals surface area contributed by atoms with Crippen molar-refractivity contribution in [3.8, 4) is 0 Å². The smallest absolute Gasteiger partial charge is 0.268 e. The summed E-state index contributed by atoms with van der Waals surface area (Å²) in [5.74, 6) is -0.761. The molecule has 0 spiro atoms. The summed E-state index contributed by atoms with van der Waals surface area (Å²) in [5.41, 5.74) is 1.17. The van der Waals surface area contributed by atoms with Crippen LogP contribution in [0.15, 0.2) is 77.7 Å². The van der Waals surface area contributed by atoms with Crippen molar-refractivity contribution in [2.24, 2.45) is 0 Å². The van der Waals surface area contributed by atoms with E-state index in [0.29, 0.717) is 5.02 Å². The van der Waals surface area contributed by atoms with Crippen LogP contribution < -0.4 is 4.31 Å². The van der Waals surface area contributed by atoms with Crippen LogP contribution in [-0.2, 0) is 10.0 Å². The maximum Gasteiger partial charge on any atom is 0.273 e. The fourth-order valence-corrected chi connectivity index (χ4v) is 4.41. The molecule has 0 aliphatic carbocycles. The third-order valence-electron chi connectivity index (χ3n) is 3.90. The van der Waals surface area contributed by atoms with E-state index in [0.717, 1.165) is 9.87 Å². The molecule has 3 aromatic carbocycles. The van der Waals surface area contributed by atoms with Crippen LogP contribution in [0.25, 0.3) is 0 Å². The van der Waals surface area contributed by atoms with Gasteiger partial charge in [0.2, 0.25) is 0 Å². The largest absolute Gasteiger partial charge is 0.273 e. The van der Waals surface area contributed by atoms with Gasteiger partial charge in [0.15, 0.2) is 0 Å². The number of benzene rings is 3. The first-order valence-electron chi connectivity index (χ1n) is 7.97. The second-order valence-electron chi connectivity index (χ2n) is 5.85. The van der Waals surface area contributed by atoms with Crippen LogP contribution in [0.1, 0.15) is 15.9 Å². The van der Waals surface area contributed by atoms with E-state index in [2.05, 4.69) is 0 Å². The normalized spacial score (nSPS) is 11.2. The highest BCUT2D eigenvalue weighted by Gasteiger charge is 2.32. The third-order valence-corrected chi connectivity index (χ3v) is 6.17.